The summed E-state index contributed by atoms with van der Waals surface area (Å²) in [6, 6.07) is 13.7. The molecule has 1 amide bonds. The predicted molar refractivity (Wildman–Crippen MR) is 103 cm³/mol. The minimum atomic E-state index is -0.665. The molecule has 0 aliphatic rings. The molecule has 2 aromatic carbocycles. The second-order valence-corrected chi connectivity index (χ2v) is 6.37. The lowest BCUT2D eigenvalue weighted by Crippen LogP contribution is -2.20. The number of halogens is 1. The molecule has 3 aromatic rings. The zero-order valence-corrected chi connectivity index (χ0v) is 15.2. The number of hydrogen-bond acceptors (Lipinski definition) is 4. The van der Waals surface area contributed by atoms with E-state index in [9.17, 15) is 9.59 Å². The van der Waals surface area contributed by atoms with Gasteiger partial charge >= 0.3 is 0 Å². The third-order valence-corrected chi connectivity index (χ3v) is 4.01. The zero-order valence-electron chi connectivity index (χ0n) is 14.4. The number of anilines is 1. The second-order valence-electron chi connectivity index (χ2n) is 5.72. The van der Waals surface area contributed by atoms with E-state index in [1.165, 1.54) is 6.07 Å². The molecule has 1 aromatic heterocycles. The Bertz CT molecular complexity index is 1010. The first-order chi connectivity index (χ1) is 12.5. The van der Waals surface area contributed by atoms with E-state index in [4.69, 9.17) is 20.8 Å². The molecule has 1 unspecified atom stereocenters. The lowest BCUT2D eigenvalue weighted by atomic mass is 10.1. The second kappa shape index (κ2) is 7.62. The first-order valence-corrected chi connectivity index (χ1v) is 8.68. The summed E-state index contributed by atoms with van der Waals surface area (Å²) in [5.41, 5.74) is 1.40. The Labute approximate surface area is 155 Å². The quantitative estimate of drug-likeness (QED) is 0.674. The number of nitrogens with one attached hydrogen (secondary N) is 1. The number of alkyl halides is 1. The van der Waals surface area contributed by atoms with Gasteiger partial charge in [-0.3, -0.25) is 9.59 Å². The minimum Gasteiger partial charge on any atom is -0.493 e. The molecule has 0 fully saturated rings. The molecule has 0 saturated heterocycles. The van der Waals surface area contributed by atoms with Gasteiger partial charge in [-0.15, -0.1) is 11.6 Å². The van der Waals surface area contributed by atoms with Gasteiger partial charge in [-0.05, 0) is 38.1 Å². The van der Waals surface area contributed by atoms with Crippen molar-refractivity contribution in [3.05, 3.63) is 58.8 Å². The number of rotatable bonds is 5. The van der Waals surface area contributed by atoms with Crippen LogP contribution in [0, 0.1) is 0 Å². The van der Waals surface area contributed by atoms with Crippen molar-refractivity contribution >= 4 is 34.2 Å². The molecule has 0 saturated carbocycles. The summed E-state index contributed by atoms with van der Waals surface area (Å²) in [4.78, 5) is 24.2. The first-order valence-electron chi connectivity index (χ1n) is 8.24. The number of hydrogen-bond donors (Lipinski definition) is 1. The Morgan fingerprint density at radius 2 is 2.00 bits per heavy atom. The highest BCUT2D eigenvalue weighted by molar-refractivity contribution is 6.32. The van der Waals surface area contributed by atoms with Crippen molar-refractivity contribution in [2.75, 3.05) is 11.9 Å². The van der Waals surface area contributed by atoms with Crippen molar-refractivity contribution in [3.8, 4) is 17.1 Å². The maximum absolute atomic E-state index is 12.5. The van der Waals surface area contributed by atoms with Gasteiger partial charge in [-0.2, -0.15) is 0 Å². The molecule has 0 aliphatic carbocycles. The van der Waals surface area contributed by atoms with Crippen molar-refractivity contribution in [3.63, 3.8) is 0 Å². The van der Waals surface area contributed by atoms with Crippen molar-refractivity contribution in [1.29, 1.82) is 0 Å². The van der Waals surface area contributed by atoms with Gasteiger partial charge in [0, 0.05) is 17.8 Å². The van der Waals surface area contributed by atoms with Crippen molar-refractivity contribution in [2.45, 2.75) is 19.2 Å². The van der Waals surface area contributed by atoms with Gasteiger partial charge in [0.15, 0.2) is 5.43 Å². The maximum atomic E-state index is 12.5. The average molecular weight is 372 g/mol. The van der Waals surface area contributed by atoms with Crippen LogP contribution in [-0.4, -0.2) is 17.9 Å². The van der Waals surface area contributed by atoms with Gasteiger partial charge < -0.3 is 14.5 Å². The Morgan fingerprint density at radius 1 is 1.23 bits per heavy atom. The SMILES string of the molecule is CCOc1ccccc1-c1cc(=O)c2ccc(NC(=O)C(C)Cl)cc2o1. The van der Waals surface area contributed by atoms with Gasteiger partial charge in [-0.25, -0.2) is 0 Å². The predicted octanol–water partition coefficient (Wildman–Crippen LogP) is 4.42. The number of carbonyl (C=O) groups is 1. The molecule has 6 heteroatoms. The molecular formula is C20H18ClNO4. The Hall–Kier alpha value is -2.79. The maximum Gasteiger partial charge on any atom is 0.242 e. The third-order valence-electron chi connectivity index (χ3n) is 3.81. The van der Waals surface area contributed by atoms with Gasteiger partial charge in [0.05, 0.1) is 17.6 Å². The summed E-state index contributed by atoms with van der Waals surface area (Å²) >= 11 is 5.77. The lowest BCUT2D eigenvalue weighted by Gasteiger charge is -2.11. The van der Waals surface area contributed by atoms with Crippen molar-refractivity contribution in [2.24, 2.45) is 0 Å². The van der Waals surface area contributed by atoms with E-state index in [0.717, 1.165) is 0 Å². The molecule has 0 spiro atoms. The van der Waals surface area contributed by atoms with Crippen LogP contribution in [0.15, 0.2) is 57.7 Å². The van der Waals surface area contributed by atoms with E-state index in [2.05, 4.69) is 5.32 Å². The van der Waals surface area contributed by atoms with E-state index >= 15 is 0 Å². The Morgan fingerprint density at radius 3 is 2.73 bits per heavy atom. The van der Waals surface area contributed by atoms with Crippen LogP contribution in [0.3, 0.4) is 0 Å². The van der Waals surface area contributed by atoms with E-state index in [0.29, 0.717) is 40.3 Å². The minimum absolute atomic E-state index is 0.170. The molecule has 1 atom stereocenters. The molecule has 134 valence electrons. The van der Waals surface area contributed by atoms with E-state index in [1.54, 1.807) is 25.1 Å². The Kier molecular flexibility index (Phi) is 5.28. The highest BCUT2D eigenvalue weighted by Crippen LogP contribution is 2.31. The smallest absolute Gasteiger partial charge is 0.242 e. The molecule has 1 heterocycles. The Balaban J connectivity index is 2.09. The summed E-state index contributed by atoms with van der Waals surface area (Å²) < 4.78 is 11.5. The normalized spacial score (nSPS) is 12.0. The van der Waals surface area contributed by atoms with Gasteiger partial charge in [0.2, 0.25) is 5.91 Å². The van der Waals surface area contributed by atoms with Crippen molar-refractivity contribution in [1.82, 2.24) is 0 Å². The number of ether oxygens (including phenoxy) is 1. The van der Waals surface area contributed by atoms with Crippen LogP contribution < -0.4 is 15.5 Å². The fourth-order valence-electron chi connectivity index (χ4n) is 2.56. The number of amides is 1. The van der Waals surface area contributed by atoms with Crippen LogP contribution in [0.2, 0.25) is 0 Å². The summed E-state index contributed by atoms with van der Waals surface area (Å²) in [7, 11) is 0. The fourth-order valence-corrected chi connectivity index (χ4v) is 2.61. The number of carbonyl (C=O) groups excluding carboxylic acids is 1. The molecule has 0 radical (unpaired) electrons. The molecule has 5 nitrogen and oxygen atoms in total. The largest absolute Gasteiger partial charge is 0.493 e. The average Bonchev–Trinajstić information content (AvgIpc) is 2.62. The van der Waals surface area contributed by atoms with Crippen LogP contribution in [-0.2, 0) is 4.79 Å². The monoisotopic (exact) mass is 371 g/mol. The van der Waals surface area contributed by atoms with E-state index in [-0.39, 0.29) is 11.3 Å². The molecule has 0 aliphatic heterocycles. The highest BCUT2D eigenvalue weighted by Gasteiger charge is 2.13. The fraction of sp³-hybridized carbons (Fsp3) is 0.200. The van der Waals surface area contributed by atoms with Crippen LogP contribution in [0.25, 0.3) is 22.3 Å². The van der Waals surface area contributed by atoms with Gasteiger partial charge in [-0.1, -0.05) is 12.1 Å². The lowest BCUT2D eigenvalue weighted by molar-refractivity contribution is -0.115. The number of benzene rings is 2. The molecular weight excluding hydrogens is 354 g/mol. The molecule has 1 N–H and O–H groups in total. The topological polar surface area (TPSA) is 68.5 Å². The van der Waals surface area contributed by atoms with E-state index in [1.807, 2.05) is 31.2 Å². The summed E-state index contributed by atoms with van der Waals surface area (Å²) in [6.45, 7) is 3.97. The first kappa shape index (κ1) is 18.0. The summed E-state index contributed by atoms with van der Waals surface area (Å²) in [5.74, 6) is 0.713. The number of para-hydroxylation sites is 1. The van der Waals surface area contributed by atoms with Gasteiger partial charge in [0.1, 0.15) is 22.5 Å². The van der Waals surface area contributed by atoms with Crippen LogP contribution in [0.1, 0.15) is 13.8 Å². The third kappa shape index (κ3) is 3.73. The highest BCUT2D eigenvalue weighted by atomic mass is 35.5. The van der Waals surface area contributed by atoms with Crippen LogP contribution in [0.5, 0.6) is 5.75 Å². The van der Waals surface area contributed by atoms with Crippen molar-refractivity contribution < 1.29 is 13.9 Å². The zero-order chi connectivity index (χ0) is 18.7. The summed E-state index contributed by atoms with van der Waals surface area (Å²) in [6.07, 6.45) is 0. The molecule has 0 bridgehead atoms. The van der Waals surface area contributed by atoms with E-state index < -0.39 is 5.38 Å². The molecule has 26 heavy (non-hydrogen) atoms. The van der Waals surface area contributed by atoms with Gasteiger partial charge in [0.25, 0.3) is 0 Å². The van der Waals surface area contributed by atoms with Crippen LogP contribution >= 0.6 is 11.6 Å². The molecule has 3 rings (SSSR count). The van der Waals surface area contributed by atoms with Crippen LogP contribution in [0.4, 0.5) is 5.69 Å². The number of fused-ring (bicyclic) bond motifs is 1. The summed E-state index contributed by atoms with van der Waals surface area (Å²) in [5, 5.41) is 2.45. The standard InChI is InChI=1S/C20H18ClNO4/c1-3-25-17-7-5-4-6-15(17)19-11-16(23)14-9-8-13(10-18(14)26-19)22-20(24)12(2)21/h4-12H,3H2,1-2H3,(H,22,24).